The van der Waals surface area contributed by atoms with Crippen LogP contribution in [0, 0.1) is 0 Å². The van der Waals surface area contributed by atoms with Crippen molar-refractivity contribution < 1.29 is 28.9 Å². The molecule has 3 aromatic carbocycles. The van der Waals surface area contributed by atoms with Gasteiger partial charge in [0.05, 0.1) is 35.5 Å². The Hall–Kier alpha value is -4.37. The fourth-order valence-corrected chi connectivity index (χ4v) is 6.15. The zero-order chi connectivity index (χ0) is 27.3. The number of aliphatic hydroxyl groups excluding tert-OH is 1. The third-order valence-electron chi connectivity index (χ3n) is 6.89. The number of benzene rings is 3. The average molecular weight is 543 g/mol. The number of methoxy groups -OCH3 is 1. The van der Waals surface area contributed by atoms with E-state index in [1.165, 1.54) is 16.2 Å². The van der Waals surface area contributed by atoms with Gasteiger partial charge < -0.3 is 19.3 Å². The van der Waals surface area contributed by atoms with E-state index in [2.05, 4.69) is 4.98 Å². The minimum absolute atomic E-state index is 0.00241. The van der Waals surface area contributed by atoms with E-state index >= 15 is 0 Å². The molecular formula is C30H26N2O6S. The number of carbonyl (C=O) groups excluding carboxylic acids is 2. The molecule has 1 fully saturated rings. The molecule has 6 rings (SSSR count). The third kappa shape index (κ3) is 4.28. The number of Topliss-reactive ketones (excluding diaryl/α,β-unsaturated/α-hetero) is 1. The van der Waals surface area contributed by atoms with Crippen LogP contribution in [0.2, 0.25) is 0 Å². The van der Waals surface area contributed by atoms with E-state index in [9.17, 15) is 14.7 Å². The van der Waals surface area contributed by atoms with Crippen LogP contribution in [0.3, 0.4) is 0 Å². The quantitative estimate of drug-likeness (QED) is 0.191. The maximum Gasteiger partial charge on any atom is 0.301 e. The van der Waals surface area contributed by atoms with Gasteiger partial charge >= 0.3 is 5.91 Å². The first-order valence-electron chi connectivity index (χ1n) is 12.7. The molecule has 0 saturated carbocycles. The molecular weight excluding hydrogens is 516 g/mol. The van der Waals surface area contributed by atoms with Gasteiger partial charge in [0, 0.05) is 12.0 Å². The molecule has 3 heterocycles. The van der Waals surface area contributed by atoms with Crippen molar-refractivity contribution >= 4 is 44.1 Å². The number of ether oxygens (including phenoxy) is 3. The molecule has 2 atom stereocenters. The van der Waals surface area contributed by atoms with Gasteiger partial charge in [0.1, 0.15) is 29.1 Å². The van der Waals surface area contributed by atoms with Crippen LogP contribution in [0.4, 0.5) is 5.13 Å². The van der Waals surface area contributed by atoms with Crippen molar-refractivity contribution in [2.75, 3.05) is 18.6 Å². The van der Waals surface area contributed by atoms with E-state index in [0.717, 1.165) is 16.0 Å². The lowest BCUT2D eigenvalue weighted by Gasteiger charge is -2.23. The number of amides is 1. The van der Waals surface area contributed by atoms with Crippen LogP contribution < -0.4 is 19.1 Å². The minimum atomic E-state index is -0.906. The van der Waals surface area contributed by atoms with E-state index in [1.54, 1.807) is 37.4 Å². The molecule has 1 aromatic heterocycles. The van der Waals surface area contributed by atoms with Crippen LogP contribution in [0.15, 0.2) is 66.2 Å². The van der Waals surface area contributed by atoms with Crippen molar-refractivity contribution in [3.05, 3.63) is 82.9 Å². The number of anilines is 1. The Morgan fingerprint density at radius 1 is 1.13 bits per heavy atom. The van der Waals surface area contributed by atoms with Gasteiger partial charge in [0.25, 0.3) is 5.78 Å². The normalized spacial score (nSPS) is 19.8. The Labute approximate surface area is 229 Å². The second-order valence-electron chi connectivity index (χ2n) is 9.46. The van der Waals surface area contributed by atoms with E-state index in [0.29, 0.717) is 46.3 Å². The molecule has 1 amide bonds. The molecule has 0 aliphatic carbocycles. The molecule has 2 aliphatic rings. The Morgan fingerprint density at radius 2 is 1.97 bits per heavy atom. The highest BCUT2D eigenvalue weighted by atomic mass is 32.1. The first-order valence-corrected chi connectivity index (χ1v) is 13.5. The lowest BCUT2D eigenvalue weighted by atomic mass is 9.94. The number of carbonyl (C=O) groups is 2. The smallest absolute Gasteiger partial charge is 0.301 e. The minimum Gasteiger partial charge on any atom is -0.507 e. The van der Waals surface area contributed by atoms with Gasteiger partial charge in [-0.25, -0.2) is 4.98 Å². The lowest BCUT2D eigenvalue weighted by Crippen LogP contribution is -2.29. The Bertz CT molecular complexity index is 1660. The fraction of sp³-hybridized carbons (Fsp3) is 0.233. The number of thiazole rings is 1. The number of nitrogens with zero attached hydrogens (tertiary/aromatic N) is 2. The summed E-state index contributed by atoms with van der Waals surface area (Å²) in [6.45, 7) is 4.32. The van der Waals surface area contributed by atoms with Crippen molar-refractivity contribution in [1.29, 1.82) is 0 Å². The van der Waals surface area contributed by atoms with Crippen molar-refractivity contribution in [2.45, 2.75) is 32.4 Å². The van der Waals surface area contributed by atoms with E-state index in [1.807, 2.05) is 44.2 Å². The standard InChI is InChI=1S/C30H26N2O6S/c1-4-37-21-7-5-6-17(14-21)26-25(27(33)18-8-11-23-19(13-18)12-16(2)38-23)28(34)29(35)32(26)30-31-22-10-9-20(36-3)15-24(22)39-30/h5-11,13-16,26,33H,4,12H2,1-3H3/t16-,26-/m0/s1. The number of aliphatic hydroxyl groups is 1. The first kappa shape index (κ1) is 24.9. The van der Waals surface area contributed by atoms with Crippen LogP contribution in [0.5, 0.6) is 17.2 Å². The summed E-state index contributed by atoms with van der Waals surface area (Å²) >= 11 is 1.28. The van der Waals surface area contributed by atoms with Crippen molar-refractivity contribution in [3.63, 3.8) is 0 Å². The zero-order valence-electron chi connectivity index (χ0n) is 21.6. The molecule has 0 unspecified atom stereocenters. The number of rotatable bonds is 6. The Kier molecular flexibility index (Phi) is 6.23. The molecule has 1 N–H and O–H groups in total. The fourth-order valence-electron chi connectivity index (χ4n) is 5.13. The highest BCUT2D eigenvalue weighted by molar-refractivity contribution is 7.22. The van der Waals surface area contributed by atoms with Crippen LogP contribution in [-0.2, 0) is 16.0 Å². The summed E-state index contributed by atoms with van der Waals surface area (Å²) in [6, 6.07) is 17.1. The molecule has 198 valence electrons. The monoisotopic (exact) mass is 542 g/mol. The van der Waals surface area contributed by atoms with Crippen LogP contribution in [-0.4, -0.2) is 41.6 Å². The third-order valence-corrected chi connectivity index (χ3v) is 7.91. The SMILES string of the molecule is CCOc1cccc([C@H]2C(=C(O)c3ccc4c(c3)C[C@H](C)O4)C(=O)C(=O)N2c2nc3ccc(OC)cc3s2)c1. The summed E-state index contributed by atoms with van der Waals surface area (Å²) in [5, 5.41) is 11.9. The highest BCUT2D eigenvalue weighted by Gasteiger charge is 2.48. The first-order chi connectivity index (χ1) is 18.9. The van der Waals surface area contributed by atoms with Crippen LogP contribution in [0.25, 0.3) is 16.0 Å². The number of fused-ring (bicyclic) bond motifs is 2. The van der Waals surface area contributed by atoms with Gasteiger partial charge in [-0.3, -0.25) is 14.5 Å². The zero-order valence-corrected chi connectivity index (χ0v) is 22.5. The van der Waals surface area contributed by atoms with Gasteiger partial charge in [-0.2, -0.15) is 0 Å². The van der Waals surface area contributed by atoms with Gasteiger partial charge in [-0.15, -0.1) is 0 Å². The number of hydrogen-bond donors (Lipinski definition) is 1. The largest absolute Gasteiger partial charge is 0.507 e. The van der Waals surface area contributed by atoms with Gasteiger partial charge in [-0.1, -0.05) is 23.5 Å². The Balaban J connectivity index is 1.53. The van der Waals surface area contributed by atoms with Gasteiger partial charge in [-0.05, 0) is 73.5 Å². The highest BCUT2D eigenvalue weighted by Crippen LogP contribution is 2.45. The molecule has 2 aliphatic heterocycles. The summed E-state index contributed by atoms with van der Waals surface area (Å²) in [7, 11) is 1.58. The Morgan fingerprint density at radius 3 is 2.77 bits per heavy atom. The molecule has 1 saturated heterocycles. The number of aromatic nitrogens is 1. The predicted molar refractivity (Wildman–Crippen MR) is 149 cm³/mol. The van der Waals surface area contributed by atoms with Gasteiger partial charge in [0.15, 0.2) is 5.13 Å². The maximum absolute atomic E-state index is 13.6. The molecule has 0 spiro atoms. The van der Waals surface area contributed by atoms with E-state index in [4.69, 9.17) is 14.2 Å². The number of hydrogen-bond acceptors (Lipinski definition) is 8. The second kappa shape index (κ2) is 9.74. The summed E-state index contributed by atoms with van der Waals surface area (Å²) in [5.74, 6) is 0.237. The van der Waals surface area contributed by atoms with Crippen molar-refractivity contribution in [3.8, 4) is 17.2 Å². The van der Waals surface area contributed by atoms with Crippen LogP contribution in [0.1, 0.15) is 36.6 Å². The predicted octanol–water partition coefficient (Wildman–Crippen LogP) is 5.65. The van der Waals surface area contributed by atoms with Gasteiger partial charge in [0.2, 0.25) is 0 Å². The maximum atomic E-state index is 13.6. The second-order valence-corrected chi connectivity index (χ2v) is 10.5. The van der Waals surface area contributed by atoms with Crippen molar-refractivity contribution in [1.82, 2.24) is 4.98 Å². The molecule has 4 aromatic rings. The van der Waals surface area contributed by atoms with Crippen LogP contribution >= 0.6 is 11.3 Å². The molecule has 9 heteroatoms. The van der Waals surface area contributed by atoms with Crippen molar-refractivity contribution in [2.24, 2.45) is 0 Å². The van der Waals surface area contributed by atoms with E-state index in [-0.39, 0.29) is 17.4 Å². The molecule has 39 heavy (non-hydrogen) atoms. The molecule has 0 bridgehead atoms. The molecule has 0 radical (unpaired) electrons. The van der Waals surface area contributed by atoms with E-state index < -0.39 is 17.7 Å². The average Bonchev–Trinajstić information content (AvgIpc) is 3.60. The number of ketones is 1. The topological polar surface area (TPSA) is 98.2 Å². The molecule has 8 nitrogen and oxygen atoms in total. The summed E-state index contributed by atoms with van der Waals surface area (Å²) in [5.41, 5.74) is 2.68. The summed E-state index contributed by atoms with van der Waals surface area (Å²) < 4.78 is 17.6. The summed E-state index contributed by atoms with van der Waals surface area (Å²) in [6.07, 6.45) is 0.724. The summed E-state index contributed by atoms with van der Waals surface area (Å²) in [4.78, 5) is 33.2. The lowest BCUT2D eigenvalue weighted by molar-refractivity contribution is -0.132.